The minimum atomic E-state index is -0.353. The summed E-state index contributed by atoms with van der Waals surface area (Å²) in [4.78, 5) is 13.9. The second kappa shape index (κ2) is 10.6. The molecule has 188 valence electrons. The van der Waals surface area contributed by atoms with Crippen LogP contribution in [0.4, 0.5) is 15.8 Å². The number of aryl methyl sites for hydroxylation is 1. The highest BCUT2D eigenvalue weighted by molar-refractivity contribution is 5.82. The summed E-state index contributed by atoms with van der Waals surface area (Å²) in [6.07, 6.45) is 8.42. The van der Waals surface area contributed by atoms with Crippen LogP contribution in [0.25, 0.3) is 22.3 Å². The molecule has 1 fully saturated rings. The van der Waals surface area contributed by atoms with Gasteiger partial charge in [-0.15, -0.1) is 0 Å². The first kappa shape index (κ1) is 24.1. The van der Waals surface area contributed by atoms with Crippen LogP contribution in [0.15, 0.2) is 55.0 Å². The first-order chi connectivity index (χ1) is 17.5. The number of aliphatic hydroxyl groups excluding tert-OH is 1. The van der Waals surface area contributed by atoms with E-state index >= 15 is 0 Å². The highest BCUT2D eigenvalue weighted by atomic mass is 19.1. The van der Waals surface area contributed by atoms with Crippen molar-refractivity contribution in [1.29, 1.82) is 0 Å². The SMILES string of the molecule is COc1cc(F)cc(N(CCCN2CCC[C@@H]2CO)c2ccc3ncc(-c4cnn(C)c4)nc3c2)c1. The molecule has 0 saturated carbocycles. The van der Waals surface area contributed by atoms with Gasteiger partial charge in [-0.1, -0.05) is 0 Å². The van der Waals surface area contributed by atoms with Crippen LogP contribution in [-0.2, 0) is 7.05 Å². The van der Waals surface area contributed by atoms with Gasteiger partial charge in [-0.3, -0.25) is 14.6 Å². The van der Waals surface area contributed by atoms with Crippen molar-refractivity contribution in [2.75, 3.05) is 38.3 Å². The van der Waals surface area contributed by atoms with Crippen molar-refractivity contribution in [2.45, 2.75) is 25.3 Å². The topological polar surface area (TPSA) is 79.5 Å². The first-order valence-corrected chi connectivity index (χ1v) is 12.3. The summed E-state index contributed by atoms with van der Waals surface area (Å²) in [5, 5.41) is 13.9. The average Bonchev–Trinajstić information content (AvgIpc) is 3.54. The fourth-order valence-electron chi connectivity index (χ4n) is 4.92. The fraction of sp³-hybridized carbons (Fsp3) is 0.370. The zero-order valence-electron chi connectivity index (χ0n) is 20.6. The molecule has 0 aliphatic carbocycles. The number of likely N-dealkylation sites (tertiary alicyclic amines) is 1. The minimum absolute atomic E-state index is 0.188. The number of aliphatic hydroxyl groups is 1. The van der Waals surface area contributed by atoms with E-state index in [0.717, 1.165) is 60.3 Å². The molecular formula is C27H31FN6O2. The predicted molar refractivity (Wildman–Crippen MR) is 138 cm³/mol. The second-order valence-electron chi connectivity index (χ2n) is 9.20. The van der Waals surface area contributed by atoms with E-state index in [4.69, 9.17) is 9.72 Å². The van der Waals surface area contributed by atoms with E-state index in [1.165, 1.54) is 19.2 Å². The van der Waals surface area contributed by atoms with E-state index in [0.29, 0.717) is 18.0 Å². The largest absolute Gasteiger partial charge is 0.497 e. The maximum Gasteiger partial charge on any atom is 0.128 e. The molecule has 1 saturated heterocycles. The molecule has 4 aromatic rings. The number of anilines is 2. The number of hydrogen-bond acceptors (Lipinski definition) is 7. The maximum atomic E-state index is 14.5. The van der Waals surface area contributed by atoms with Gasteiger partial charge in [0, 0.05) is 61.4 Å². The van der Waals surface area contributed by atoms with Crippen molar-refractivity contribution >= 4 is 22.4 Å². The summed E-state index contributed by atoms with van der Waals surface area (Å²) < 4.78 is 21.6. The van der Waals surface area contributed by atoms with Crippen molar-refractivity contribution in [3.8, 4) is 17.0 Å². The molecule has 3 heterocycles. The number of methoxy groups -OCH3 is 1. The van der Waals surface area contributed by atoms with E-state index in [1.54, 1.807) is 17.1 Å². The third-order valence-electron chi connectivity index (χ3n) is 6.78. The molecule has 0 radical (unpaired) electrons. The van der Waals surface area contributed by atoms with Crippen LogP contribution in [0.2, 0.25) is 0 Å². The molecule has 5 rings (SSSR count). The lowest BCUT2D eigenvalue weighted by Crippen LogP contribution is -2.34. The standard InChI is InChI=1S/C27H31FN6O2/c1-32-17-19(15-30-32)27-16-29-25-7-6-21(14-26(25)31-27)34(23-11-20(28)12-24(13-23)36-2)10-4-9-33-8-3-5-22(33)18-35/h6-7,11-17,22,35H,3-5,8-10,18H2,1-2H3/t22-/m1/s1. The summed E-state index contributed by atoms with van der Waals surface area (Å²) in [5.41, 5.74) is 4.78. The number of halogens is 1. The molecular weight excluding hydrogens is 459 g/mol. The average molecular weight is 491 g/mol. The zero-order valence-corrected chi connectivity index (χ0v) is 20.6. The number of nitrogens with zero attached hydrogens (tertiary/aromatic N) is 6. The van der Waals surface area contributed by atoms with Crippen LogP contribution in [0.1, 0.15) is 19.3 Å². The molecule has 1 aliphatic rings. The summed E-state index contributed by atoms with van der Waals surface area (Å²) in [6, 6.07) is 10.9. The van der Waals surface area contributed by atoms with Crippen molar-refractivity contribution in [3.05, 3.63) is 60.8 Å². The number of benzene rings is 2. The zero-order chi connectivity index (χ0) is 25.1. The number of hydrogen-bond donors (Lipinski definition) is 1. The molecule has 8 nitrogen and oxygen atoms in total. The molecule has 1 atom stereocenters. The van der Waals surface area contributed by atoms with Crippen molar-refractivity contribution in [3.63, 3.8) is 0 Å². The third kappa shape index (κ3) is 5.17. The number of aromatic nitrogens is 4. The molecule has 9 heteroatoms. The Hall–Kier alpha value is -3.56. The highest BCUT2D eigenvalue weighted by Gasteiger charge is 2.23. The van der Waals surface area contributed by atoms with Crippen LogP contribution in [0.3, 0.4) is 0 Å². The fourth-order valence-corrected chi connectivity index (χ4v) is 4.92. The number of rotatable bonds is 9. The molecule has 0 amide bonds. The molecule has 36 heavy (non-hydrogen) atoms. The number of fused-ring (bicyclic) bond motifs is 1. The Bertz CT molecular complexity index is 1340. The van der Waals surface area contributed by atoms with Gasteiger partial charge in [0.2, 0.25) is 0 Å². The van der Waals surface area contributed by atoms with Crippen molar-refractivity contribution in [1.82, 2.24) is 24.6 Å². The van der Waals surface area contributed by atoms with Gasteiger partial charge < -0.3 is 14.7 Å². The quantitative estimate of drug-likeness (QED) is 0.377. The minimum Gasteiger partial charge on any atom is -0.497 e. The van der Waals surface area contributed by atoms with Gasteiger partial charge >= 0.3 is 0 Å². The lowest BCUT2D eigenvalue weighted by molar-refractivity contribution is 0.158. The predicted octanol–water partition coefficient (Wildman–Crippen LogP) is 4.16. The van der Waals surface area contributed by atoms with Gasteiger partial charge in [-0.2, -0.15) is 5.10 Å². The van der Waals surface area contributed by atoms with Gasteiger partial charge in [-0.05, 0) is 50.1 Å². The van der Waals surface area contributed by atoms with E-state index in [1.807, 2.05) is 37.5 Å². The molecule has 1 aliphatic heterocycles. The summed E-state index contributed by atoms with van der Waals surface area (Å²) in [6.45, 7) is 2.73. The maximum absolute atomic E-state index is 14.5. The Kier molecular flexibility index (Phi) is 7.11. The Labute approximate surface area is 210 Å². The Balaban J connectivity index is 1.47. The van der Waals surface area contributed by atoms with Crippen molar-refractivity contribution in [2.24, 2.45) is 7.05 Å². The first-order valence-electron chi connectivity index (χ1n) is 12.3. The van der Waals surface area contributed by atoms with E-state index in [-0.39, 0.29) is 18.5 Å². The highest BCUT2D eigenvalue weighted by Crippen LogP contribution is 2.32. The summed E-state index contributed by atoms with van der Waals surface area (Å²) in [7, 11) is 3.41. The lowest BCUT2D eigenvalue weighted by atomic mass is 10.1. The smallest absolute Gasteiger partial charge is 0.128 e. The third-order valence-corrected chi connectivity index (χ3v) is 6.78. The van der Waals surface area contributed by atoms with Gasteiger partial charge in [0.15, 0.2) is 0 Å². The van der Waals surface area contributed by atoms with Gasteiger partial charge in [0.05, 0.1) is 42.8 Å². The van der Waals surface area contributed by atoms with Crippen LogP contribution < -0.4 is 9.64 Å². The van der Waals surface area contributed by atoms with E-state index < -0.39 is 0 Å². The summed E-state index contributed by atoms with van der Waals surface area (Å²) >= 11 is 0. The Morgan fingerprint density at radius 1 is 1.14 bits per heavy atom. The van der Waals surface area contributed by atoms with E-state index in [9.17, 15) is 9.50 Å². The van der Waals surface area contributed by atoms with Crippen LogP contribution in [-0.4, -0.2) is 69.1 Å². The van der Waals surface area contributed by atoms with Gasteiger partial charge in [0.25, 0.3) is 0 Å². The Morgan fingerprint density at radius 3 is 2.81 bits per heavy atom. The molecule has 2 aromatic carbocycles. The number of ether oxygens (including phenoxy) is 1. The normalized spacial score (nSPS) is 16.1. The van der Waals surface area contributed by atoms with Crippen LogP contribution in [0.5, 0.6) is 5.75 Å². The molecule has 2 aromatic heterocycles. The van der Waals surface area contributed by atoms with Gasteiger partial charge in [0.1, 0.15) is 11.6 Å². The lowest BCUT2D eigenvalue weighted by Gasteiger charge is -2.28. The summed E-state index contributed by atoms with van der Waals surface area (Å²) in [5.74, 6) is 0.114. The van der Waals surface area contributed by atoms with E-state index in [2.05, 4.69) is 19.9 Å². The molecule has 0 bridgehead atoms. The van der Waals surface area contributed by atoms with Crippen LogP contribution >= 0.6 is 0 Å². The molecule has 1 N–H and O–H groups in total. The van der Waals surface area contributed by atoms with Crippen molar-refractivity contribution < 1.29 is 14.2 Å². The molecule has 0 unspecified atom stereocenters. The van der Waals surface area contributed by atoms with Crippen LogP contribution in [0, 0.1) is 5.82 Å². The van der Waals surface area contributed by atoms with Gasteiger partial charge in [-0.25, -0.2) is 9.37 Å². The second-order valence-corrected chi connectivity index (χ2v) is 9.20. The Morgan fingerprint density at radius 2 is 2.03 bits per heavy atom. The molecule has 0 spiro atoms. The monoisotopic (exact) mass is 490 g/mol.